The van der Waals surface area contributed by atoms with Crippen molar-refractivity contribution in [1.29, 1.82) is 0 Å². The SMILES string of the molecule is COc1ccccc1CNC(=O)c1ccc2n1CCCN(S(C)(=O)=O)C2. The maximum absolute atomic E-state index is 12.6. The summed E-state index contributed by atoms with van der Waals surface area (Å²) >= 11 is 0. The van der Waals surface area contributed by atoms with Crippen molar-refractivity contribution in [3.63, 3.8) is 0 Å². The van der Waals surface area contributed by atoms with E-state index < -0.39 is 10.0 Å². The van der Waals surface area contributed by atoms with E-state index in [0.29, 0.717) is 38.3 Å². The second-order valence-electron chi connectivity index (χ2n) is 6.31. The van der Waals surface area contributed by atoms with Crippen LogP contribution in [-0.4, -0.2) is 43.1 Å². The molecule has 1 aromatic heterocycles. The van der Waals surface area contributed by atoms with E-state index in [0.717, 1.165) is 17.0 Å². The molecular formula is C18H23N3O4S. The van der Waals surface area contributed by atoms with Crippen LogP contribution in [0, 0.1) is 0 Å². The van der Waals surface area contributed by atoms with Crippen LogP contribution in [0.3, 0.4) is 0 Å². The van der Waals surface area contributed by atoms with Gasteiger partial charge in [0.15, 0.2) is 0 Å². The van der Waals surface area contributed by atoms with E-state index in [1.54, 1.807) is 13.2 Å². The van der Waals surface area contributed by atoms with Crippen molar-refractivity contribution in [3.05, 3.63) is 53.3 Å². The van der Waals surface area contributed by atoms with E-state index in [-0.39, 0.29) is 5.91 Å². The van der Waals surface area contributed by atoms with Gasteiger partial charge in [0.2, 0.25) is 10.0 Å². The summed E-state index contributed by atoms with van der Waals surface area (Å²) in [7, 11) is -1.65. The molecule has 0 saturated carbocycles. The number of aromatic nitrogens is 1. The number of hydrogen-bond acceptors (Lipinski definition) is 4. The fourth-order valence-electron chi connectivity index (χ4n) is 3.17. The molecule has 26 heavy (non-hydrogen) atoms. The smallest absolute Gasteiger partial charge is 0.268 e. The Hall–Kier alpha value is -2.32. The highest BCUT2D eigenvalue weighted by molar-refractivity contribution is 7.88. The average molecular weight is 377 g/mol. The third kappa shape index (κ3) is 3.91. The highest BCUT2D eigenvalue weighted by atomic mass is 32.2. The Morgan fingerprint density at radius 3 is 2.69 bits per heavy atom. The first-order chi connectivity index (χ1) is 12.4. The minimum absolute atomic E-state index is 0.185. The van der Waals surface area contributed by atoms with Gasteiger partial charge in [0.25, 0.3) is 5.91 Å². The highest BCUT2D eigenvalue weighted by Crippen LogP contribution is 2.20. The summed E-state index contributed by atoms with van der Waals surface area (Å²) in [5, 5.41) is 2.92. The van der Waals surface area contributed by atoms with Crippen molar-refractivity contribution < 1.29 is 17.9 Å². The number of carbonyl (C=O) groups is 1. The van der Waals surface area contributed by atoms with E-state index in [9.17, 15) is 13.2 Å². The Kier molecular flexibility index (Phi) is 5.33. The lowest BCUT2D eigenvalue weighted by molar-refractivity contribution is 0.0941. The van der Waals surface area contributed by atoms with Gasteiger partial charge in [-0.05, 0) is 24.6 Å². The number of para-hydroxylation sites is 1. The number of ether oxygens (including phenoxy) is 1. The number of methoxy groups -OCH3 is 1. The molecule has 2 heterocycles. The molecule has 1 amide bonds. The zero-order valence-corrected chi connectivity index (χ0v) is 15.8. The standard InChI is InChI=1S/C18H23N3O4S/c1-25-17-7-4-3-6-14(17)12-19-18(22)16-9-8-15-13-20(26(2,23)24)10-5-11-21(15)16/h3-4,6-9H,5,10-13H2,1-2H3,(H,19,22). The molecule has 0 saturated heterocycles. The number of nitrogens with zero attached hydrogens (tertiary/aromatic N) is 2. The zero-order chi connectivity index (χ0) is 18.7. The van der Waals surface area contributed by atoms with Gasteiger partial charge in [-0.15, -0.1) is 0 Å². The monoisotopic (exact) mass is 377 g/mol. The predicted molar refractivity (Wildman–Crippen MR) is 98.5 cm³/mol. The molecular weight excluding hydrogens is 354 g/mol. The Bertz CT molecular complexity index is 905. The van der Waals surface area contributed by atoms with Crippen molar-refractivity contribution in [2.45, 2.75) is 26.1 Å². The molecule has 0 radical (unpaired) electrons. The molecule has 1 aliphatic heterocycles. The van der Waals surface area contributed by atoms with Crippen LogP contribution in [0.5, 0.6) is 5.75 Å². The molecule has 2 aromatic rings. The Balaban J connectivity index is 1.75. The topological polar surface area (TPSA) is 80.6 Å². The Labute approximate surface area is 153 Å². The van der Waals surface area contributed by atoms with Gasteiger partial charge in [-0.2, -0.15) is 4.31 Å². The molecule has 0 atom stereocenters. The first kappa shape index (κ1) is 18.5. The molecule has 0 fully saturated rings. The maximum atomic E-state index is 12.6. The van der Waals surface area contributed by atoms with Crippen LogP contribution in [0.25, 0.3) is 0 Å². The molecule has 0 bridgehead atoms. The molecule has 8 heteroatoms. The van der Waals surface area contributed by atoms with Gasteiger partial charge in [-0.1, -0.05) is 18.2 Å². The lowest BCUT2D eigenvalue weighted by atomic mass is 10.2. The van der Waals surface area contributed by atoms with Crippen molar-refractivity contribution in [1.82, 2.24) is 14.2 Å². The summed E-state index contributed by atoms with van der Waals surface area (Å²) in [6.45, 7) is 1.73. The van der Waals surface area contributed by atoms with E-state index >= 15 is 0 Å². The van der Waals surface area contributed by atoms with Crippen LogP contribution < -0.4 is 10.1 Å². The van der Waals surface area contributed by atoms with Crippen LogP contribution in [-0.2, 0) is 29.7 Å². The van der Waals surface area contributed by atoms with Gasteiger partial charge in [0.1, 0.15) is 11.4 Å². The third-order valence-electron chi connectivity index (χ3n) is 4.53. The van der Waals surface area contributed by atoms with E-state index in [1.165, 1.54) is 10.6 Å². The summed E-state index contributed by atoms with van der Waals surface area (Å²) in [5.41, 5.74) is 2.27. The van der Waals surface area contributed by atoms with Gasteiger partial charge < -0.3 is 14.6 Å². The summed E-state index contributed by atoms with van der Waals surface area (Å²) in [6.07, 6.45) is 1.88. The highest BCUT2D eigenvalue weighted by Gasteiger charge is 2.24. The van der Waals surface area contributed by atoms with Gasteiger partial charge in [0.05, 0.1) is 19.9 Å². The normalized spacial score (nSPS) is 15.2. The minimum Gasteiger partial charge on any atom is -0.496 e. The van der Waals surface area contributed by atoms with Crippen LogP contribution >= 0.6 is 0 Å². The average Bonchev–Trinajstić information content (AvgIpc) is 2.88. The minimum atomic E-state index is -3.25. The molecule has 7 nitrogen and oxygen atoms in total. The zero-order valence-electron chi connectivity index (χ0n) is 14.9. The van der Waals surface area contributed by atoms with Crippen LogP contribution in [0.1, 0.15) is 28.2 Å². The molecule has 0 aliphatic carbocycles. The van der Waals surface area contributed by atoms with Crippen molar-refractivity contribution >= 4 is 15.9 Å². The number of fused-ring (bicyclic) bond motifs is 1. The van der Waals surface area contributed by atoms with Crippen LogP contribution in [0.4, 0.5) is 0 Å². The van der Waals surface area contributed by atoms with Crippen LogP contribution in [0.2, 0.25) is 0 Å². The van der Waals surface area contributed by atoms with E-state index in [1.807, 2.05) is 34.9 Å². The molecule has 1 aliphatic rings. The number of amides is 1. The molecule has 1 N–H and O–H groups in total. The first-order valence-corrected chi connectivity index (χ1v) is 10.3. The van der Waals surface area contributed by atoms with Gasteiger partial charge in [-0.3, -0.25) is 4.79 Å². The fourth-order valence-corrected chi connectivity index (χ4v) is 4.00. The lowest BCUT2D eigenvalue weighted by Gasteiger charge is -2.16. The van der Waals surface area contributed by atoms with E-state index in [4.69, 9.17) is 4.74 Å². The summed E-state index contributed by atoms with van der Waals surface area (Å²) in [6, 6.07) is 11.1. The summed E-state index contributed by atoms with van der Waals surface area (Å²) in [4.78, 5) is 12.6. The van der Waals surface area contributed by atoms with Gasteiger partial charge >= 0.3 is 0 Å². The molecule has 0 spiro atoms. The number of carbonyl (C=O) groups excluding carboxylic acids is 1. The maximum Gasteiger partial charge on any atom is 0.268 e. The third-order valence-corrected chi connectivity index (χ3v) is 5.78. The van der Waals surface area contributed by atoms with Gasteiger partial charge in [0, 0.05) is 30.9 Å². The van der Waals surface area contributed by atoms with Crippen molar-refractivity contribution in [2.75, 3.05) is 19.9 Å². The molecule has 3 rings (SSSR count). The predicted octanol–water partition coefficient (Wildman–Crippen LogP) is 1.59. The number of nitrogens with one attached hydrogen (secondary N) is 1. The van der Waals surface area contributed by atoms with Crippen molar-refractivity contribution in [3.8, 4) is 5.75 Å². The van der Waals surface area contributed by atoms with Crippen LogP contribution in [0.15, 0.2) is 36.4 Å². The number of rotatable bonds is 5. The van der Waals surface area contributed by atoms with Gasteiger partial charge in [-0.25, -0.2) is 8.42 Å². The summed E-state index contributed by atoms with van der Waals surface area (Å²) in [5.74, 6) is 0.542. The first-order valence-electron chi connectivity index (χ1n) is 8.44. The molecule has 0 unspecified atom stereocenters. The number of benzene rings is 1. The number of sulfonamides is 1. The fraction of sp³-hybridized carbons (Fsp3) is 0.389. The summed E-state index contributed by atoms with van der Waals surface area (Å²) < 4.78 is 32.3. The Morgan fingerprint density at radius 2 is 1.96 bits per heavy atom. The second-order valence-corrected chi connectivity index (χ2v) is 8.29. The quantitative estimate of drug-likeness (QED) is 0.858. The van der Waals surface area contributed by atoms with Crippen molar-refractivity contribution in [2.24, 2.45) is 0 Å². The number of hydrogen-bond donors (Lipinski definition) is 1. The largest absolute Gasteiger partial charge is 0.496 e. The van der Waals surface area contributed by atoms with E-state index in [2.05, 4.69) is 5.32 Å². The Morgan fingerprint density at radius 1 is 1.19 bits per heavy atom. The molecule has 1 aromatic carbocycles. The second kappa shape index (κ2) is 7.51. The lowest BCUT2D eigenvalue weighted by Crippen LogP contribution is -2.29. The molecule has 140 valence electrons.